The van der Waals surface area contributed by atoms with E-state index >= 15 is 0 Å². The van der Waals surface area contributed by atoms with Gasteiger partial charge in [-0.1, -0.05) is 13.3 Å². The largest absolute Gasteiger partial charge is 0.0651 e. The Morgan fingerprint density at radius 3 is 2.19 bits per heavy atom. The highest BCUT2D eigenvalue weighted by atomic mass is 14.7. The fraction of sp³-hybridized carbons (Fsp3) is 1.00. The fourth-order valence-electron chi connectivity index (χ4n) is 7.54. The zero-order valence-electron chi connectivity index (χ0n) is 10.4. The van der Waals surface area contributed by atoms with Gasteiger partial charge >= 0.3 is 0 Å². The Balaban J connectivity index is 1.52. The van der Waals surface area contributed by atoms with Gasteiger partial charge in [-0.3, -0.25) is 0 Å². The maximum Gasteiger partial charge on any atom is -0.0321 e. The Morgan fingerprint density at radius 2 is 1.44 bits per heavy atom. The van der Waals surface area contributed by atoms with Gasteiger partial charge in [-0.15, -0.1) is 0 Å². The molecular weight excluding hydrogens is 192 g/mol. The van der Waals surface area contributed by atoms with Crippen molar-refractivity contribution in [1.29, 1.82) is 0 Å². The summed E-state index contributed by atoms with van der Waals surface area (Å²) in [5.41, 5.74) is 0. The van der Waals surface area contributed by atoms with Crippen LogP contribution in [-0.4, -0.2) is 0 Å². The van der Waals surface area contributed by atoms with Gasteiger partial charge in [0.25, 0.3) is 0 Å². The summed E-state index contributed by atoms with van der Waals surface area (Å²) in [7, 11) is 0. The fourth-order valence-corrected chi connectivity index (χ4v) is 7.54. The van der Waals surface area contributed by atoms with E-state index < -0.39 is 0 Å². The maximum absolute atomic E-state index is 2.44. The van der Waals surface area contributed by atoms with E-state index in [4.69, 9.17) is 0 Å². The van der Waals surface area contributed by atoms with Crippen molar-refractivity contribution < 1.29 is 0 Å². The van der Waals surface area contributed by atoms with E-state index in [1.807, 2.05) is 0 Å². The normalized spacial score (nSPS) is 69.2. The second-order valence-corrected chi connectivity index (χ2v) is 7.70. The zero-order valence-corrected chi connectivity index (χ0v) is 10.4. The van der Waals surface area contributed by atoms with Crippen LogP contribution in [-0.2, 0) is 0 Å². The summed E-state index contributed by atoms with van der Waals surface area (Å²) in [6, 6.07) is 0. The Morgan fingerprint density at radius 1 is 0.750 bits per heavy atom. The van der Waals surface area contributed by atoms with Gasteiger partial charge in [-0.05, 0) is 85.4 Å². The first kappa shape index (κ1) is 9.00. The minimum Gasteiger partial charge on any atom is -0.0651 e. The van der Waals surface area contributed by atoms with Crippen LogP contribution < -0.4 is 0 Å². The highest BCUT2D eigenvalue weighted by molar-refractivity contribution is 5.17. The first-order valence-corrected chi connectivity index (χ1v) is 7.88. The molecule has 0 amide bonds. The van der Waals surface area contributed by atoms with Crippen LogP contribution in [0.5, 0.6) is 0 Å². The zero-order chi connectivity index (χ0) is 10.4. The Kier molecular flexibility index (Phi) is 1.52. The maximum atomic E-state index is 2.44. The summed E-state index contributed by atoms with van der Waals surface area (Å²) in [5.74, 6) is 10.9. The van der Waals surface area contributed by atoms with Crippen LogP contribution in [0.1, 0.15) is 45.4 Å². The van der Waals surface area contributed by atoms with Crippen molar-refractivity contribution >= 4 is 0 Å². The Bertz CT molecular complexity index is 333. The average Bonchev–Trinajstić information content (AvgIpc) is 2.92. The highest BCUT2D eigenvalue weighted by Gasteiger charge is 2.68. The molecule has 9 unspecified atom stereocenters. The first-order chi connectivity index (χ1) is 7.88. The molecule has 0 nitrogen and oxygen atoms in total. The van der Waals surface area contributed by atoms with Crippen molar-refractivity contribution in [2.24, 2.45) is 53.3 Å². The monoisotopic (exact) mass is 216 g/mol. The molecule has 0 aromatic heterocycles. The Hall–Kier alpha value is 0. The number of hydrogen-bond acceptors (Lipinski definition) is 0. The van der Waals surface area contributed by atoms with Gasteiger partial charge < -0.3 is 0 Å². The summed E-state index contributed by atoms with van der Waals surface area (Å²) in [6.45, 7) is 2.44. The minimum absolute atomic E-state index is 1.15. The van der Waals surface area contributed by atoms with Crippen molar-refractivity contribution in [2.45, 2.75) is 45.4 Å². The average molecular weight is 216 g/mol. The molecule has 0 aromatic carbocycles. The standard InChI is InChI=1S/C16H24/c1-2-8-6-11-12-7-13(14(8)11)16-10-4-3-9(5-10)15(12)16/h8-16H,2-7H2,1H3. The molecule has 0 aliphatic heterocycles. The minimum atomic E-state index is 1.15. The van der Waals surface area contributed by atoms with E-state index in [9.17, 15) is 0 Å². The summed E-state index contributed by atoms with van der Waals surface area (Å²) in [6.07, 6.45) is 9.67. The molecule has 0 saturated heterocycles. The topological polar surface area (TPSA) is 0 Å². The molecule has 5 aliphatic rings. The van der Waals surface area contributed by atoms with Crippen molar-refractivity contribution in [2.75, 3.05) is 0 Å². The summed E-state index contributed by atoms with van der Waals surface area (Å²) >= 11 is 0. The SMILES string of the molecule is CCC1CC2C3CC(C12)C1C2CCC(C2)C31. The second-order valence-electron chi connectivity index (χ2n) is 7.70. The molecule has 0 spiro atoms. The van der Waals surface area contributed by atoms with Gasteiger partial charge in [0.05, 0.1) is 0 Å². The lowest BCUT2D eigenvalue weighted by atomic mass is 9.51. The van der Waals surface area contributed by atoms with E-state index in [-0.39, 0.29) is 0 Å². The second kappa shape index (κ2) is 2.70. The lowest BCUT2D eigenvalue weighted by Crippen LogP contribution is -2.48. The molecule has 88 valence electrons. The lowest BCUT2D eigenvalue weighted by molar-refractivity contribution is -0.0532. The van der Waals surface area contributed by atoms with Crippen LogP contribution in [0.15, 0.2) is 0 Å². The van der Waals surface area contributed by atoms with Crippen molar-refractivity contribution in [3.8, 4) is 0 Å². The van der Waals surface area contributed by atoms with E-state index in [0.717, 1.165) is 5.92 Å². The predicted molar refractivity (Wildman–Crippen MR) is 64.8 cm³/mol. The van der Waals surface area contributed by atoms with Crippen molar-refractivity contribution in [3.63, 3.8) is 0 Å². The van der Waals surface area contributed by atoms with Crippen LogP contribution in [0.3, 0.4) is 0 Å². The van der Waals surface area contributed by atoms with Crippen molar-refractivity contribution in [3.05, 3.63) is 0 Å². The summed E-state index contributed by atoms with van der Waals surface area (Å²) in [5, 5.41) is 0. The third kappa shape index (κ3) is 0.782. The van der Waals surface area contributed by atoms with E-state index in [0.29, 0.717) is 0 Å². The van der Waals surface area contributed by atoms with Crippen LogP contribution in [0.25, 0.3) is 0 Å². The van der Waals surface area contributed by atoms with Gasteiger partial charge in [-0.2, -0.15) is 0 Å². The van der Waals surface area contributed by atoms with Gasteiger partial charge in [-0.25, -0.2) is 0 Å². The van der Waals surface area contributed by atoms with Gasteiger partial charge in [0, 0.05) is 0 Å². The number of fused-ring (bicyclic) bond motifs is 12. The molecule has 16 heavy (non-hydrogen) atoms. The van der Waals surface area contributed by atoms with Gasteiger partial charge in [0.2, 0.25) is 0 Å². The molecule has 5 saturated carbocycles. The van der Waals surface area contributed by atoms with Crippen molar-refractivity contribution in [1.82, 2.24) is 0 Å². The number of hydrogen-bond donors (Lipinski definition) is 0. The molecule has 4 bridgehead atoms. The van der Waals surface area contributed by atoms with Crippen LogP contribution in [0, 0.1) is 53.3 Å². The lowest BCUT2D eigenvalue weighted by Gasteiger charge is -2.53. The molecular formula is C16H24. The molecule has 0 heterocycles. The smallest absolute Gasteiger partial charge is 0.0321 e. The summed E-state index contributed by atoms with van der Waals surface area (Å²) < 4.78 is 0. The molecule has 0 heteroatoms. The van der Waals surface area contributed by atoms with Crippen LogP contribution in [0.4, 0.5) is 0 Å². The highest BCUT2D eigenvalue weighted by Crippen LogP contribution is 2.75. The van der Waals surface area contributed by atoms with E-state index in [1.165, 1.54) is 53.8 Å². The molecule has 5 fully saturated rings. The van der Waals surface area contributed by atoms with E-state index in [1.54, 1.807) is 32.1 Å². The third-order valence-electron chi connectivity index (χ3n) is 7.76. The number of rotatable bonds is 1. The van der Waals surface area contributed by atoms with Gasteiger partial charge in [0.1, 0.15) is 0 Å². The molecule has 9 atom stereocenters. The molecule has 0 aromatic rings. The predicted octanol–water partition coefficient (Wildman–Crippen LogP) is 3.96. The molecule has 0 radical (unpaired) electrons. The third-order valence-corrected chi connectivity index (χ3v) is 7.76. The quantitative estimate of drug-likeness (QED) is 0.582. The Labute approximate surface area is 99.2 Å². The van der Waals surface area contributed by atoms with Gasteiger partial charge in [0.15, 0.2) is 0 Å². The van der Waals surface area contributed by atoms with Crippen LogP contribution >= 0.6 is 0 Å². The molecule has 5 aliphatic carbocycles. The first-order valence-electron chi connectivity index (χ1n) is 7.88. The molecule has 5 rings (SSSR count). The van der Waals surface area contributed by atoms with E-state index in [2.05, 4.69) is 6.92 Å². The van der Waals surface area contributed by atoms with Crippen LogP contribution in [0.2, 0.25) is 0 Å². The molecule has 0 N–H and O–H groups in total. The summed E-state index contributed by atoms with van der Waals surface area (Å²) in [4.78, 5) is 0.